The van der Waals surface area contributed by atoms with Crippen LogP contribution in [0.1, 0.15) is 41.7 Å². The van der Waals surface area contributed by atoms with Crippen LogP contribution >= 0.6 is 0 Å². The zero-order chi connectivity index (χ0) is 20.2. The van der Waals surface area contributed by atoms with Crippen LogP contribution in [0.15, 0.2) is 24.3 Å². The highest BCUT2D eigenvalue weighted by molar-refractivity contribution is 5.61. The molecule has 2 aromatic carbocycles. The Bertz CT molecular complexity index is 732. The van der Waals surface area contributed by atoms with Crippen LogP contribution in [0, 0.1) is 0 Å². The van der Waals surface area contributed by atoms with Crippen molar-refractivity contribution in [3.05, 3.63) is 52.1 Å². The summed E-state index contributed by atoms with van der Waals surface area (Å²) in [7, 11) is 4.68. The van der Waals surface area contributed by atoms with Crippen molar-refractivity contribution in [2.75, 3.05) is 21.3 Å². The Labute approximate surface area is 159 Å². The molecule has 0 aliphatic carbocycles. The summed E-state index contributed by atoms with van der Waals surface area (Å²) < 4.78 is 16.5. The lowest BCUT2D eigenvalue weighted by Crippen LogP contribution is -2.24. The maximum absolute atomic E-state index is 10.0. The molecule has 6 heteroatoms. The van der Waals surface area contributed by atoms with E-state index >= 15 is 0 Å². The van der Waals surface area contributed by atoms with E-state index in [0.29, 0.717) is 33.9 Å². The van der Waals surface area contributed by atoms with Crippen molar-refractivity contribution in [3.63, 3.8) is 0 Å². The summed E-state index contributed by atoms with van der Waals surface area (Å²) >= 11 is 0. The fraction of sp³-hybridized carbons (Fsp3) is 0.429. The van der Waals surface area contributed by atoms with Crippen molar-refractivity contribution < 1.29 is 29.5 Å². The third-order valence-electron chi connectivity index (χ3n) is 5.07. The monoisotopic (exact) mass is 376 g/mol. The Hall–Kier alpha value is -2.28. The van der Waals surface area contributed by atoms with Crippen LogP contribution in [0.25, 0.3) is 0 Å². The number of methoxy groups -OCH3 is 3. The first-order chi connectivity index (χ1) is 12.9. The predicted octanol–water partition coefficient (Wildman–Crippen LogP) is 2.52. The number of hydrogen-bond donors (Lipinski definition) is 3. The van der Waals surface area contributed by atoms with Crippen molar-refractivity contribution >= 4 is 0 Å². The van der Waals surface area contributed by atoms with Gasteiger partial charge in [-0.3, -0.25) is 0 Å². The van der Waals surface area contributed by atoms with E-state index in [1.54, 1.807) is 27.4 Å². The van der Waals surface area contributed by atoms with Gasteiger partial charge in [-0.15, -0.1) is 0 Å². The maximum atomic E-state index is 10.0. The Kier molecular flexibility index (Phi) is 6.70. The van der Waals surface area contributed by atoms with Gasteiger partial charge >= 0.3 is 0 Å². The van der Waals surface area contributed by atoms with Gasteiger partial charge in [0.15, 0.2) is 11.5 Å². The summed E-state index contributed by atoms with van der Waals surface area (Å²) in [6, 6.07) is 7.35. The van der Waals surface area contributed by atoms with Crippen LogP contribution in [-0.4, -0.2) is 36.6 Å². The van der Waals surface area contributed by atoms with E-state index in [9.17, 15) is 15.3 Å². The van der Waals surface area contributed by atoms with Gasteiger partial charge in [0.25, 0.3) is 0 Å². The zero-order valence-electron chi connectivity index (χ0n) is 16.5. The second-order valence-corrected chi connectivity index (χ2v) is 6.71. The molecule has 0 saturated carbocycles. The molecule has 6 nitrogen and oxygen atoms in total. The topological polar surface area (TPSA) is 88.4 Å². The van der Waals surface area contributed by atoms with Crippen LogP contribution in [0.2, 0.25) is 0 Å². The molecule has 0 heterocycles. The fourth-order valence-corrected chi connectivity index (χ4v) is 3.59. The smallest absolute Gasteiger partial charge is 0.203 e. The molecule has 0 aromatic heterocycles. The largest absolute Gasteiger partial charge is 0.493 e. The van der Waals surface area contributed by atoms with Crippen molar-refractivity contribution in [1.82, 2.24) is 0 Å². The maximum Gasteiger partial charge on any atom is 0.203 e. The van der Waals surface area contributed by atoms with E-state index in [1.807, 2.05) is 32.0 Å². The molecule has 0 spiro atoms. The molecule has 0 radical (unpaired) electrons. The van der Waals surface area contributed by atoms with E-state index in [4.69, 9.17) is 14.2 Å². The molecule has 0 amide bonds. The summed E-state index contributed by atoms with van der Waals surface area (Å²) in [5, 5.41) is 29.3. The molecule has 0 aliphatic rings. The van der Waals surface area contributed by atoms with Crippen molar-refractivity contribution in [2.24, 2.45) is 0 Å². The van der Waals surface area contributed by atoms with Crippen molar-refractivity contribution in [1.29, 1.82) is 0 Å². The van der Waals surface area contributed by atoms with Gasteiger partial charge in [0, 0.05) is 11.0 Å². The van der Waals surface area contributed by atoms with Gasteiger partial charge in [-0.25, -0.2) is 0 Å². The van der Waals surface area contributed by atoms with Gasteiger partial charge < -0.3 is 29.5 Å². The minimum Gasteiger partial charge on any atom is -0.493 e. The van der Waals surface area contributed by atoms with Crippen LogP contribution in [0.5, 0.6) is 17.2 Å². The third-order valence-corrected chi connectivity index (χ3v) is 5.07. The molecule has 2 aromatic rings. The van der Waals surface area contributed by atoms with E-state index in [1.165, 1.54) is 0 Å². The predicted molar refractivity (Wildman–Crippen MR) is 102 cm³/mol. The standard InChI is InChI=1S/C21H28O6/c1-21(2,16-7-6-13(10-22)14(11-23)15(16)12-24)17-8-9-18(25-3)20(27-5)19(17)26-4/h6-9,22-24H,10-12H2,1-5H3. The second kappa shape index (κ2) is 8.61. The molecule has 3 N–H and O–H groups in total. The van der Waals surface area contributed by atoms with Crippen molar-refractivity contribution in [3.8, 4) is 17.2 Å². The van der Waals surface area contributed by atoms with Gasteiger partial charge in [0.2, 0.25) is 5.75 Å². The SMILES string of the molecule is COc1ccc(C(C)(C)c2ccc(CO)c(CO)c2CO)c(OC)c1OC. The lowest BCUT2D eigenvalue weighted by atomic mass is 9.74. The molecular weight excluding hydrogens is 348 g/mol. The summed E-state index contributed by atoms with van der Waals surface area (Å²) in [5.74, 6) is 1.59. The van der Waals surface area contributed by atoms with Gasteiger partial charge in [-0.1, -0.05) is 32.0 Å². The van der Waals surface area contributed by atoms with E-state index in [2.05, 4.69) is 0 Å². The minimum atomic E-state index is -0.582. The van der Waals surface area contributed by atoms with E-state index < -0.39 is 5.41 Å². The Balaban J connectivity index is 2.76. The van der Waals surface area contributed by atoms with Crippen LogP contribution in [-0.2, 0) is 25.2 Å². The zero-order valence-corrected chi connectivity index (χ0v) is 16.5. The Morgan fingerprint density at radius 3 is 1.78 bits per heavy atom. The normalized spacial score (nSPS) is 11.4. The molecule has 2 rings (SSSR count). The molecule has 0 fully saturated rings. The second-order valence-electron chi connectivity index (χ2n) is 6.71. The first-order valence-corrected chi connectivity index (χ1v) is 8.67. The van der Waals surface area contributed by atoms with Crippen LogP contribution in [0.4, 0.5) is 0 Å². The van der Waals surface area contributed by atoms with Crippen LogP contribution < -0.4 is 14.2 Å². The number of aliphatic hydroxyl groups is 3. The number of hydrogen-bond acceptors (Lipinski definition) is 6. The average Bonchev–Trinajstić information content (AvgIpc) is 2.70. The van der Waals surface area contributed by atoms with Gasteiger partial charge in [-0.2, -0.15) is 0 Å². The summed E-state index contributed by atoms with van der Waals surface area (Å²) in [4.78, 5) is 0. The minimum absolute atomic E-state index is 0.205. The third kappa shape index (κ3) is 3.60. The fourth-order valence-electron chi connectivity index (χ4n) is 3.59. The summed E-state index contributed by atoms with van der Waals surface area (Å²) in [6.45, 7) is 3.29. The summed E-state index contributed by atoms with van der Waals surface area (Å²) in [6.07, 6.45) is 0. The van der Waals surface area contributed by atoms with Gasteiger partial charge in [0.05, 0.1) is 41.2 Å². The molecular formula is C21H28O6. The van der Waals surface area contributed by atoms with Gasteiger partial charge in [-0.05, 0) is 28.3 Å². The lowest BCUT2D eigenvalue weighted by Gasteiger charge is -2.32. The van der Waals surface area contributed by atoms with E-state index in [0.717, 1.165) is 11.1 Å². The highest BCUT2D eigenvalue weighted by atomic mass is 16.5. The number of aliphatic hydroxyl groups excluding tert-OH is 3. The number of ether oxygens (including phenoxy) is 3. The highest BCUT2D eigenvalue weighted by Gasteiger charge is 2.32. The van der Waals surface area contributed by atoms with Gasteiger partial charge in [0.1, 0.15) is 0 Å². The Morgan fingerprint density at radius 2 is 1.30 bits per heavy atom. The molecule has 0 saturated heterocycles. The Morgan fingerprint density at radius 1 is 0.704 bits per heavy atom. The van der Waals surface area contributed by atoms with E-state index in [-0.39, 0.29) is 19.8 Å². The first kappa shape index (κ1) is 21.0. The van der Waals surface area contributed by atoms with Crippen molar-refractivity contribution in [2.45, 2.75) is 39.1 Å². The molecule has 27 heavy (non-hydrogen) atoms. The summed E-state index contributed by atoms with van der Waals surface area (Å²) in [5.41, 5.74) is 2.84. The first-order valence-electron chi connectivity index (χ1n) is 8.67. The quantitative estimate of drug-likeness (QED) is 0.656. The molecule has 0 atom stereocenters. The molecule has 0 aliphatic heterocycles. The number of rotatable bonds is 8. The average molecular weight is 376 g/mol. The highest BCUT2D eigenvalue weighted by Crippen LogP contribution is 2.47. The molecule has 148 valence electrons. The lowest BCUT2D eigenvalue weighted by molar-refractivity contribution is 0.246. The number of benzene rings is 2. The molecule has 0 unspecified atom stereocenters. The molecule has 0 bridgehead atoms. The van der Waals surface area contributed by atoms with Crippen LogP contribution in [0.3, 0.4) is 0 Å².